The molecule has 1 atom stereocenters. The number of nitrogens with zero attached hydrogens (tertiary/aromatic N) is 2. The van der Waals surface area contributed by atoms with Crippen molar-refractivity contribution >= 4 is 5.82 Å². The highest BCUT2D eigenvalue weighted by Crippen LogP contribution is 2.22. The third kappa shape index (κ3) is 4.46. The lowest BCUT2D eigenvalue weighted by molar-refractivity contribution is -0.130. The summed E-state index contributed by atoms with van der Waals surface area (Å²) in [6, 6.07) is 6.21. The molecule has 0 spiro atoms. The maximum atomic E-state index is 5.94. The lowest BCUT2D eigenvalue weighted by atomic mass is 10.1. The normalized spacial score (nSPS) is 22.7. The first kappa shape index (κ1) is 15.3. The van der Waals surface area contributed by atoms with Crippen LogP contribution >= 0.6 is 0 Å². The molecule has 0 amide bonds. The highest BCUT2D eigenvalue weighted by Gasteiger charge is 2.31. The first-order valence-electron chi connectivity index (χ1n) is 7.58. The Morgan fingerprint density at radius 3 is 2.95 bits per heavy atom. The molecule has 4 heteroatoms. The van der Waals surface area contributed by atoms with Gasteiger partial charge in [-0.25, -0.2) is 4.98 Å². The van der Waals surface area contributed by atoms with E-state index in [1.807, 2.05) is 6.07 Å². The van der Waals surface area contributed by atoms with Crippen molar-refractivity contribution in [3.05, 3.63) is 23.9 Å². The first-order chi connectivity index (χ1) is 9.48. The van der Waals surface area contributed by atoms with Gasteiger partial charge in [0.05, 0.1) is 17.4 Å². The topological polar surface area (TPSA) is 37.4 Å². The number of rotatable bonds is 5. The van der Waals surface area contributed by atoms with Gasteiger partial charge in [-0.05, 0) is 39.3 Å². The molecule has 1 saturated heterocycles. The van der Waals surface area contributed by atoms with E-state index in [9.17, 15) is 0 Å². The molecule has 2 rings (SSSR count). The van der Waals surface area contributed by atoms with Crippen LogP contribution in [-0.4, -0.2) is 41.2 Å². The van der Waals surface area contributed by atoms with Crippen molar-refractivity contribution < 1.29 is 4.74 Å². The SMILES string of the molecule is CCCNc1cccc(CN2CC(C)OC(C)(C)C2)n1. The molecule has 112 valence electrons. The maximum Gasteiger partial charge on any atom is 0.126 e. The molecular formula is C16H27N3O. The molecule has 0 aliphatic carbocycles. The van der Waals surface area contributed by atoms with Gasteiger partial charge in [0.25, 0.3) is 0 Å². The largest absolute Gasteiger partial charge is 0.370 e. The van der Waals surface area contributed by atoms with Gasteiger partial charge in [0, 0.05) is 26.2 Å². The van der Waals surface area contributed by atoms with Crippen LogP contribution in [0.25, 0.3) is 0 Å². The lowest BCUT2D eigenvalue weighted by Crippen LogP contribution is -2.51. The fraction of sp³-hybridized carbons (Fsp3) is 0.688. The van der Waals surface area contributed by atoms with E-state index in [1.165, 1.54) is 0 Å². The van der Waals surface area contributed by atoms with Gasteiger partial charge >= 0.3 is 0 Å². The molecule has 1 N–H and O–H groups in total. The van der Waals surface area contributed by atoms with Gasteiger partial charge in [0.1, 0.15) is 5.82 Å². The number of anilines is 1. The highest BCUT2D eigenvalue weighted by molar-refractivity contribution is 5.35. The molecule has 1 aliphatic heterocycles. The average Bonchev–Trinajstić information content (AvgIpc) is 2.34. The second-order valence-corrected chi connectivity index (χ2v) is 6.30. The minimum Gasteiger partial charge on any atom is -0.370 e. The molecule has 0 aromatic carbocycles. The Morgan fingerprint density at radius 1 is 1.45 bits per heavy atom. The summed E-state index contributed by atoms with van der Waals surface area (Å²) in [6.07, 6.45) is 1.39. The summed E-state index contributed by atoms with van der Waals surface area (Å²) in [5, 5.41) is 3.34. The van der Waals surface area contributed by atoms with E-state index in [0.717, 1.165) is 44.1 Å². The van der Waals surface area contributed by atoms with Gasteiger partial charge in [-0.1, -0.05) is 13.0 Å². The minimum absolute atomic E-state index is 0.0737. The highest BCUT2D eigenvalue weighted by atomic mass is 16.5. The van der Waals surface area contributed by atoms with Crippen LogP contribution in [0.4, 0.5) is 5.82 Å². The van der Waals surface area contributed by atoms with E-state index in [1.54, 1.807) is 0 Å². The number of pyridine rings is 1. The van der Waals surface area contributed by atoms with Gasteiger partial charge in [0.2, 0.25) is 0 Å². The maximum absolute atomic E-state index is 5.94. The zero-order chi connectivity index (χ0) is 14.6. The van der Waals surface area contributed by atoms with Gasteiger partial charge in [-0.15, -0.1) is 0 Å². The van der Waals surface area contributed by atoms with Gasteiger partial charge in [-0.2, -0.15) is 0 Å². The zero-order valence-electron chi connectivity index (χ0n) is 13.1. The summed E-state index contributed by atoms with van der Waals surface area (Å²) in [6.45, 7) is 12.4. The summed E-state index contributed by atoms with van der Waals surface area (Å²) in [5.41, 5.74) is 1.05. The van der Waals surface area contributed by atoms with E-state index in [0.29, 0.717) is 0 Å². The smallest absolute Gasteiger partial charge is 0.126 e. The van der Waals surface area contributed by atoms with E-state index in [-0.39, 0.29) is 11.7 Å². The monoisotopic (exact) mass is 277 g/mol. The van der Waals surface area contributed by atoms with Crippen LogP contribution in [0.15, 0.2) is 18.2 Å². The Hall–Kier alpha value is -1.13. The van der Waals surface area contributed by atoms with Crippen molar-refractivity contribution in [2.75, 3.05) is 25.0 Å². The fourth-order valence-electron chi connectivity index (χ4n) is 2.85. The van der Waals surface area contributed by atoms with Crippen molar-refractivity contribution in [2.45, 2.75) is 52.4 Å². The molecular weight excluding hydrogens is 250 g/mol. The van der Waals surface area contributed by atoms with Crippen LogP contribution in [-0.2, 0) is 11.3 Å². The lowest BCUT2D eigenvalue weighted by Gasteiger charge is -2.41. The predicted molar refractivity (Wildman–Crippen MR) is 82.9 cm³/mol. The summed E-state index contributed by atoms with van der Waals surface area (Å²) in [7, 11) is 0. The molecule has 0 radical (unpaired) electrons. The Balaban J connectivity index is 1.98. The molecule has 1 aromatic rings. The van der Waals surface area contributed by atoms with Crippen LogP contribution in [0, 0.1) is 0 Å². The Bertz CT molecular complexity index is 433. The molecule has 20 heavy (non-hydrogen) atoms. The molecule has 0 bridgehead atoms. The molecule has 0 saturated carbocycles. The Morgan fingerprint density at radius 2 is 2.25 bits per heavy atom. The van der Waals surface area contributed by atoms with Crippen molar-refractivity contribution in [2.24, 2.45) is 0 Å². The quantitative estimate of drug-likeness (QED) is 0.898. The summed E-state index contributed by atoms with van der Waals surface area (Å²) in [5.74, 6) is 0.977. The van der Waals surface area contributed by atoms with E-state index in [2.05, 4.69) is 55.0 Å². The first-order valence-corrected chi connectivity index (χ1v) is 7.58. The van der Waals surface area contributed by atoms with Crippen molar-refractivity contribution in [1.29, 1.82) is 0 Å². The number of morpholine rings is 1. The number of nitrogens with one attached hydrogen (secondary N) is 1. The summed E-state index contributed by atoms with van der Waals surface area (Å²) >= 11 is 0. The van der Waals surface area contributed by atoms with E-state index < -0.39 is 0 Å². The number of ether oxygens (including phenoxy) is 1. The third-order valence-corrected chi connectivity index (χ3v) is 3.39. The summed E-state index contributed by atoms with van der Waals surface area (Å²) in [4.78, 5) is 7.11. The third-order valence-electron chi connectivity index (χ3n) is 3.39. The van der Waals surface area contributed by atoms with Crippen LogP contribution in [0.1, 0.15) is 39.8 Å². The van der Waals surface area contributed by atoms with Crippen molar-refractivity contribution in [3.63, 3.8) is 0 Å². The predicted octanol–water partition coefficient (Wildman–Crippen LogP) is 2.90. The molecule has 4 nitrogen and oxygen atoms in total. The van der Waals surface area contributed by atoms with Crippen molar-refractivity contribution in [1.82, 2.24) is 9.88 Å². The van der Waals surface area contributed by atoms with Gasteiger partial charge in [0.15, 0.2) is 0 Å². The molecule has 2 heterocycles. The van der Waals surface area contributed by atoms with E-state index in [4.69, 9.17) is 4.74 Å². The Kier molecular flexibility index (Phi) is 5.00. The van der Waals surface area contributed by atoms with Gasteiger partial charge in [-0.3, -0.25) is 4.90 Å². The second kappa shape index (κ2) is 6.55. The van der Waals surface area contributed by atoms with Crippen molar-refractivity contribution in [3.8, 4) is 0 Å². The van der Waals surface area contributed by atoms with Crippen LogP contribution in [0.5, 0.6) is 0 Å². The molecule has 1 fully saturated rings. The number of aromatic nitrogens is 1. The minimum atomic E-state index is -0.0737. The van der Waals surface area contributed by atoms with E-state index >= 15 is 0 Å². The van der Waals surface area contributed by atoms with Crippen LogP contribution in [0.3, 0.4) is 0 Å². The van der Waals surface area contributed by atoms with Crippen LogP contribution in [0.2, 0.25) is 0 Å². The molecule has 1 aliphatic rings. The fourth-order valence-corrected chi connectivity index (χ4v) is 2.85. The Labute approximate surface area is 122 Å². The summed E-state index contributed by atoms with van der Waals surface area (Å²) < 4.78 is 5.94. The van der Waals surface area contributed by atoms with Crippen LogP contribution < -0.4 is 5.32 Å². The standard InChI is InChI=1S/C16H27N3O/c1-5-9-17-15-8-6-7-14(18-15)11-19-10-13(2)20-16(3,4)12-19/h6-8,13H,5,9-12H2,1-4H3,(H,17,18). The average molecular weight is 277 g/mol. The van der Waals surface area contributed by atoms with Gasteiger partial charge < -0.3 is 10.1 Å². The zero-order valence-corrected chi connectivity index (χ0v) is 13.1. The second-order valence-electron chi connectivity index (χ2n) is 6.30. The number of hydrogen-bond acceptors (Lipinski definition) is 4. The number of hydrogen-bond donors (Lipinski definition) is 1. The molecule has 1 aromatic heterocycles. The molecule has 1 unspecified atom stereocenters.